The molecule has 9 nitrogen and oxygen atoms in total. The van der Waals surface area contributed by atoms with Gasteiger partial charge in [0.15, 0.2) is 0 Å². The second-order valence-corrected chi connectivity index (χ2v) is 9.20. The van der Waals surface area contributed by atoms with Crippen LogP contribution in [0.4, 0.5) is 4.39 Å². The van der Waals surface area contributed by atoms with Crippen molar-refractivity contribution in [3.63, 3.8) is 0 Å². The molecule has 174 valence electrons. The SMILES string of the molecule is CCOC(=O)c1ccc(S(=O)(=O)N2CCC(C(=O)NCC(O)c3cccc(F)c3)CC2)o1. The molecule has 1 unspecified atom stereocenters. The Morgan fingerprint density at radius 1 is 1.28 bits per heavy atom. The van der Waals surface area contributed by atoms with Crippen LogP contribution in [0.2, 0.25) is 0 Å². The number of carbonyl (C=O) groups excluding carboxylic acids is 2. The summed E-state index contributed by atoms with van der Waals surface area (Å²) in [6, 6.07) is 7.94. The normalized spacial score (nSPS) is 16.5. The van der Waals surface area contributed by atoms with E-state index in [9.17, 15) is 27.5 Å². The fourth-order valence-corrected chi connectivity index (χ4v) is 4.81. The maximum Gasteiger partial charge on any atom is 0.374 e. The van der Waals surface area contributed by atoms with Gasteiger partial charge in [-0.3, -0.25) is 4.79 Å². The monoisotopic (exact) mass is 468 g/mol. The molecular formula is C21H25FN2O7S. The number of aliphatic hydroxyl groups excluding tert-OH is 1. The molecule has 32 heavy (non-hydrogen) atoms. The second kappa shape index (κ2) is 10.2. The summed E-state index contributed by atoms with van der Waals surface area (Å²) in [4.78, 5) is 24.1. The Hall–Kier alpha value is -2.76. The van der Waals surface area contributed by atoms with Crippen LogP contribution in [-0.2, 0) is 19.6 Å². The van der Waals surface area contributed by atoms with Gasteiger partial charge < -0.3 is 19.6 Å². The summed E-state index contributed by atoms with van der Waals surface area (Å²) in [6.45, 7) is 1.88. The molecule has 1 amide bonds. The van der Waals surface area contributed by atoms with Gasteiger partial charge in [0.1, 0.15) is 5.82 Å². The molecule has 1 aliphatic heterocycles. The number of piperidine rings is 1. The van der Waals surface area contributed by atoms with Crippen LogP contribution >= 0.6 is 0 Å². The van der Waals surface area contributed by atoms with Gasteiger partial charge >= 0.3 is 5.97 Å². The van der Waals surface area contributed by atoms with Crippen molar-refractivity contribution >= 4 is 21.9 Å². The third-order valence-corrected chi connectivity index (χ3v) is 6.95. The van der Waals surface area contributed by atoms with E-state index in [1.807, 2.05) is 0 Å². The first-order valence-electron chi connectivity index (χ1n) is 10.2. The Morgan fingerprint density at radius 2 is 2.00 bits per heavy atom. The minimum absolute atomic E-state index is 0.0795. The summed E-state index contributed by atoms with van der Waals surface area (Å²) in [5, 5.41) is 12.4. The lowest BCUT2D eigenvalue weighted by molar-refractivity contribution is -0.126. The standard InChI is InChI=1S/C21H25FN2O7S/c1-2-30-21(27)18-6-7-19(31-18)32(28,29)24-10-8-14(9-11-24)20(26)23-13-17(25)15-4-3-5-16(22)12-15/h3-7,12,14,17,25H,2,8-11,13H2,1H3,(H,23,26). The van der Waals surface area contributed by atoms with E-state index in [1.165, 1.54) is 34.6 Å². The minimum Gasteiger partial charge on any atom is -0.460 e. The number of sulfonamides is 1. The van der Waals surface area contributed by atoms with Crippen molar-refractivity contribution in [3.05, 3.63) is 53.5 Å². The summed E-state index contributed by atoms with van der Waals surface area (Å²) in [6.07, 6.45) is -0.485. The zero-order valence-electron chi connectivity index (χ0n) is 17.5. The molecule has 0 saturated carbocycles. The van der Waals surface area contributed by atoms with E-state index in [0.717, 1.165) is 0 Å². The fourth-order valence-electron chi connectivity index (χ4n) is 3.43. The number of aliphatic hydroxyl groups is 1. The number of esters is 1. The number of rotatable bonds is 8. The molecule has 1 fully saturated rings. The molecule has 1 aromatic carbocycles. The molecular weight excluding hydrogens is 443 g/mol. The number of nitrogens with zero attached hydrogens (tertiary/aromatic N) is 1. The number of amides is 1. The molecule has 1 atom stereocenters. The van der Waals surface area contributed by atoms with Crippen LogP contribution in [0.1, 0.15) is 42.0 Å². The number of ether oxygens (including phenoxy) is 1. The predicted octanol–water partition coefficient (Wildman–Crippen LogP) is 1.85. The number of furan rings is 1. The van der Waals surface area contributed by atoms with Gasteiger partial charge in [0.05, 0.1) is 12.7 Å². The van der Waals surface area contributed by atoms with E-state index in [2.05, 4.69) is 5.32 Å². The average molecular weight is 469 g/mol. The van der Waals surface area contributed by atoms with Crippen LogP contribution in [0.15, 0.2) is 45.9 Å². The third kappa shape index (κ3) is 5.53. The third-order valence-electron chi connectivity index (χ3n) is 5.18. The number of benzene rings is 1. The highest BCUT2D eigenvalue weighted by Gasteiger charge is 2.34. The van der Waals surface area contributed by atoms with Gasteiger partial charge in [-0.2, -0.15) is 4.31 Å². The van der Waals surface area contributed by atoms with Crippen molar-refractivity contribution in [2.75, 3.05) is 26.2 Å². The lowest BCUT2D eigenvalue weighted by Gasteiger charge is -2.30. The first-order valence-corrected chi connectivity index (χ1v) is 11.6. The van der Waals surface area contributed by atoms with Gasteiger partial charge in [-0.05, 0) is 49.6 Å². The minimum atomic E-state index is -3.95. The number of hydrogen-bond donors (Lipinski definition) is 2. The van der Waals surface area contributed by atoms with Crippen LogP contribution in [0.5, 0.6) is 0 Å². The number of halogens is 1. The largest absolute Gasteiger partial charge is 0.460 e. The molecule has 0 spiro atoms. The van der Waals surface area contributed by atoms with E-state index in [1.54, 1.807) is 13.0 Å². The van der Waals surface area contributed by atoms with Crippen molar-refractivity contribution in [1.82, 2.24) is 9.62 Å². The molecule has 1 aliphatic rings. The first kappa shape index (κ1) is 23.9. The molecule has 2 aromatic rings. The van der Waals surface area contributed by atoms with Crippen LogP contribution in [0.3, 0.4) is 0 Å². The van der Waals surface area contributed by atoms with Crippen LogP contribution in [-0.4, -0.2) is 55.9 Å². The lowest BCUT2D eigenvalue weighted by atomic mass is 9.97. The molecule has 0 aliphatic carbocycles. The van der Waals surface area contributed by atoms with E-state index in [-0.39, 0.29) is 55.8 Å². The highest BCUT2D eigenvalue weighted by molar-refractivity contribution is 7.89. The van der Waals surface area contributed by atoms with Gasteiger partial charge in [0.25, 0.3) is 10.0 Å². The fraction of sp³-hybridized carbons (Fsp3) is 0.429. The second-order valence-electron chi connectivity index (χ2n) is 7.33. The average Bonchev–Trinajstić information content (AvgIpc) is 3.29. The molecule has 3 rings (SSSR count). The molecule has 11 heteroatoms. The van der Waals surface area contributed by atoms with Crippen LogP contribution in [0, 0.1) is 11.7 Å². The summed E-state index contributed by atoms with van der Waals surface area (Å²) in [5.41, 5.74) is 0.354. The Balaban J connectivity index is 1.52. The molecule has 1 saturated heterocycles. The van der Waals surface area contributed by atoms with E-state index in [0.29, 0.717) is 5.56 Å². The van der Waals surface area contributed by atoms with E-state index < -0.39 is 33.8 Å². The lowest BCUT2D eigenvalue weighted by Crippen LogP contribution is -2.43. The van der Waals surface area contributed by atoms with Gasteiger partial charge in [0, 0.05) is 25.6 Å². The molecule has 2 heterocycles. The highest BCUT2D eigenvalue weighted by Crippen LogP contribution is 2.25. The van der Waals surface area contributed by atoms with Gasteiger partial charge in [0.2, 0.25) is 16.8 Å². The van der Waals surface area contributed by atoms with Gasteiger partial charge in [-0.1, -0.05) is 12.1 Å². The summed E-state index contributed by atoms with van der Waals surface area (Å²) < 4.78 is 50.0. The number of carbonyl (C=O) groups is 2. The van der Waals surface area contributed by atoms with Crippen molar-refractivity contribution in [2.45, 2.75) is 31.0 Å². The maximum absolute atomic E-state index is 13.3. The Morgan fingerprint density at radius 3 is 2.66 bits per heavy atom. The number of hydrogen-bond acceptors (Lipinski definition) is 7. The van der Waals surface area contributed by atoms with Crippen LogP contribution in [0.25, 0.3) is 0 Å². The summed E-state index contributed by atoms with van der Waals surface area (Å²) >= 11 is 0. The van der Waals surface area contributed by atoms with Crippen molar-refractivity contribution < 1.29 is 36.7 Å². The highest BCUT2D eigenvalue weighted by atomic mass is 32.2. The topological polar surface area (TPSA) is 126 Å². The van der Waals surface area contributed by atoms with Gasteiger partial charge in [-0.15, -0.1) is 0 Å². The number of nitrogens with one attached hydrogen (secondary N) is 1. The Labute approximate surface area is 185 Å². The maximum atomic E-state index is 13.3. The van der Waals surface area contributed by atoms with Crippen LogP contribution < -0.4 is 5.32 Å². The predicted molar refractivity (Wildman–Crippen MR) is 111 cm³/mol. The first-order chi connectivity index (χ1) is 15.2. The van der Waals surface area contributed by atoms with Crippen molar-refractivity contribution in [3.8, 4) is 0 Å². The zero-order chi connectivity index (χ0) is 23.3. The van der Waals surface area contributed by atoms with Crippen molar-refractivity contribution in [2.24, 2.45) is 5.92 Å². The summed E-state index contributed by atoms with van der Waals surface area (Å²) in [5.74, 6) is -2.15. The molecule has 0 radical (unpaired) electrons. The summed E-state index contributed by atoms with van der Waals surface area (Å²) in [7, 11) is -3.95. The molecule has 1 aromatic heterocycles. The molecule has 0 bridgehead atoms. The Bertz CT molecular complexity index is 1060. The quantitative estimate of drug-likeness (QED) is 0.566. The van der Waals surface area contributed by atoms with Crippen molar-refractivity contribution in [1.29, 1.82) is 0 Å². The van der Waals surface area contributed by atoms with E-state index in [4.69, 9.17) is 9.15 Å². The Kier molecular flexibility index (Phi) is 7.64. The smallest absolute Gasteiger partial charge is 0.374 e. The van der Waals surface area contributed by atoms with E-state index >= 15 is 0 Å². The van der Waals surface area contributed by atoms with Gasteiger partial charge in [-0.25, -0.2) is 17.6 Å². The molecule has 2 N–H and O–H groups in total. The zero-order valence-corrected chi connectivity index (χ0v) is 18.3.